The van der Waals surface area contributed by atoms with E-state index in [4.69, 9.17) is 0 Å². The SMILES string of the molecule is O=c1c(NCc2ccncn2)c(Br)cnn1CC1CCC1. The predicted molar refractivity (Wildman–Crippen MR) is 82.9 cm³/mol. The molecule has 1 aliphatic rings. The molecule has 2 aromatic heterocycles. The van der Waals surface area contributed by atoms with E-state index in [0.717, 1.165) is 5.69 Å². The van der Waals surface area contributed by atoms with Crippen molar-refractivity contribution >= 4 is 21.6 Å². The maximum Gasteiger partial charge on any atom is 0.291 e. The van der Waals surface area contributed by atoms with Gasteiger partial charge in [-0.15, -0.1) is 0 Å². The van der Waals surface area contributed by atoms with Crippen LogP contribution in [0.2, 0.25) is 0 Å². The molecule has 1 saturated carbocycles. The molecular formula is C14H16BrN5O. The summed E-state index contributed by atoms with van der Waals surface area (Å²) in [5.74, 6) is 0.589. The smallest absolute Gasteiger partial charge is 0.291 e. The molecule has 2 heterocycles. The van der Waals surface area contributed by atoms with Crippen LogP contribution >= 0.6 is 15.9 Å². The molecule has 0 atom stereocenters. The Bertz CT molecular complexity index is 669. The number of halogens is 1. The van der Waals surface area contributed by atoms with Crippen LogP contribution < -0.4 is 10.9 Å². The Hall–Kier alpha value is -1.76. The standard InChI is InChI=1S/C14H16BrN5O/c15-12-7-19-20(8-10-2-1-3-10)14(21)13(12)17-6-11-4-5-16-9-18-11/h4-5,7,9-10,17H,1-3,6,8H2. The first-order valence-corrected chi connectivity index (χ1v) is 7.77. The lowest BCUT2D eigenvalue weighted by atomic mass is 9.85. The Labute approximate surface area is 130 Å². The Balaban J connectivity index is 1.77. The van der Waals surface area contributed by atoms with Crippen molar-refractivity contribution in [2.24, 2.45) is 5.92 Å². The van der Waals surface area contributed by atoms with Gasteiger partial charge in [0.1, 0.15) is 12.0 Å². The van der Waals surface area contributed by atoms with Crippen LogP contribution in [0, 0.1) is 5.92 Å². The summed E-state index contributed by atoms with van der Waals surface area (Å²) in [5, 5.41) is 7.34. The number of hydrogen-bond donors (Lipinski definition) is 1. The summed E-state index contributed by atoms with van der Waals surface area (Å²) in [6.45, 7) is 1.18. The zero-order chi connectivity index (χ0) is 14.7. The third kappa shape index (κ3) is 3.29. The molecule has 0 aromatic carbocycles. The van der Waals surface area contributed by atoms with Crippen LogP contribution in [0.4, 0.5) is 5.69 Å². The molecule has 0 aliphatic heterocycles. The maximum absolute atomic E-state index is 12.5. The fourth-order valence-corrected chi connectivity index (χ4v) is 2.68. The molecule has 0 amide bonds. The van der Waals surface area contributed by atoms with Crippen LogP contribution in [0.5, 0.6) is 0 Å². The first kappa shape index (κ1) is 14.2. The van der Waals surface area contributed by atoms with E-state index in [1.54, 1.807) is 17.1 Å². The summed E-state index contributed by atoms with van der Waals surface area (Å²) in [4.78, 5) is 20.5. The van der Waals surface area contributed by atoms with Gasteiger partial charge in [-0.25, -0.2) is 14.6 Å². The molecule has 21 heavy (non-hydrogen) atoms. The molecule has 1 N–H and O–H groups in total. The molecule has 6 nitrogen and oxygen atoms in total. The minimum Gasteiger partial charge on any atom is -0.374 e. The molecule has 7 heteroatoms. The van der Waals surface area contributed by atoms with E-state index in [1.807, 2.05) is 6.07 Å². The Morgan fingerprint density at radius 3 is 2.95 bits per heavy atom. The second kappa shape index (κ2) is 6.34. The van der Waals surface area contributed by atoms with Gasteiger partial charge >= 0.3 is 0 Å². The summed E-state index contributed by atoms with van der Waals surface area (Å²) in [5.41, 5.74) is 1.27. The Kier molecular flexibility index (Phi) is 4.28. The summed E-state index contributed by atoms with van der Waals surface area (Å²) < 4.78 is 2.23. The topological polar surface area (TPSA) is 72.7 Å². The number of anilines is 1. The summed E-state index contributed by atoms with van der Waals surface area (Å²) in [7, 11) is 0. The first-order valence-electron chi connectivity index (χ1n) is 6.98. The van der Waals surface area contributed by atoms with Crippen LogP contribution in [0.3, 0.4) is 0 Å². The highest BCUT2D eigenvalue weighted by Crippen LogP contribution is 2.27. The van der Waals surface area contributed by atoms with Crippen LogP contribution in [-0.2, 0) is 13.1 Å². The molecule has 1 aliphatic carbocycles. The second-order valence-corrected chi connectivity index (χ2v) is 6.06. The fraction of sp³-hybridized carbons (Fsp3) is 0.429. The predicted octanol–water partition coefficient (Wildman–Crippen LogP) is 2.21. The van der Waals surface area contributed by atoms with Crippen molar-refractivity contribution in [3.63, 3.8) is 0 Å². The van der Waals surface area contributed by atoms with Gasteiger partial charge in [0.15, 0.2) is 0 Å². The van der Waals surface area contributed by atoms with Gasteiger partial charge in [0.05, 0.1) is 22.9 Å². The lowest BCUT2D eigenvalue weighted by Crippen LogP contribution is -2.30. The molecule has 0 unspecified atom stereocenters. The van der Waals surface area contributed by atoms with Crippen molar-refractivity contribution in [3.8, 4) is 0 Å². The van der Waals surface area contributed by atoms with E-state index in [-0.39, 0.29) is 5.56 Å². The molecule has 2 aromatic rings. The van der Waals surface area contributed by atoms with Crippen molar-refractivity contribution < 1.29 is 0 Å². The van der Waals surface area contributed by atoms with Crippen LogP contribution in [0.15, 0.2) is 34.1 Å². The molecular weight excluding hydrogens is 334 g/mol. The normalized spacial score (nSPS) is 14.7. The minimum absolute atomic E-state index is 0.0923. The average molecular weight is 350 g/mol. The van der Waals surface area contributed by atoms with E-state index in [0.29, 0.717) is 29.2 Å². The van der Waals surface area contributed by atoms with E-state index >= 15 is 0 Å². The van der Waals surface area contributed by atoms with Gasteiger partial charge in [0.2, 0.25) is 0 Å². The lowest BCUT2D eigenvalue weighted by Gasteiger charge is -2.25. The molecule has 110 valence electrons. The van der Waals surface area contributed by atoms with Gasteiger partial charge in [-0.1, -0.05) is 6.42 Å². The minimum atomic E-state index is -0.0923. The summed E-state index contributed by atoms with van der Waals surface area (Å²) >= 11 is 3.38. The van der Waals surface area contributed by atoms with Gasteiger partial charge in [0, 0.05) is 12.7 Å². The van der Waals surface area contributed by atoms with Gasteiger partial charge in [-0.05, 0) is 40.8 Å². The quantitative estimate of drug-likeness (QED) is 0.895. The molecule has 0 saturated heterocycles. The highest BCUT2D eigenvalue weighted by molar-refractivity contribution is 9.10. The zero-order valence-corrected chi connectivity index (χ0v) is 13.1. The van der Waals surface area contributed by atoms with E-state index in [9.17, 15) is 4.79 Å². The van der Waals surface area contributed by atoms with E-state index in [2.05, 4.69) is 36.3 Å². The number of nitrogens with one attached hydrogen (secondary N) is 1. The van der Waals surface area contributed by atoms with Crippen LogP contribution in [0.25, 0.3) is 0 Å². The van der Waals surface area contributed by atoms with Crippen molar-refractivity contribution in [1.29, 1.82) is 0 Å². The number of aromatic nitrogens is 4. The molecule has 1 fully saturated rings. The molecule has 0 bridgehead atoms. The van der Waals surface area contributed by atoms with Crippen LogP contribution in [-0.4, -0.2) is 19.7 Å². The van der Waals surface area contributed by atoms with Gasteiger partial charge in [-0.3, -0.25) is 4.79 Å². The maximum atomic E-state index is 12.5. The molecule has 0 spiro atoms. The largest absolute Gasteiger partial charge is 0.374 e. The number of nitrogens with zero attached hydrogens (tertiary/aromatic N) is 4. The van der Waals surface area contributed by atoms with Crippen molar-refractivity contribution in [1.82, 2.24) is 19.7 Å². The first-order chi connectivity index (χ1) is 10.2. The molecule has 0 radical (unpaired) electrons. The summed E-state index contributed by atoms with van der Waals surface area (Å²) in [6, 6.07) is 1.81. The van der Waals surface area contributed by atoms with Gasteiger partial charge < -0.3 is 5.32 Å². The fourth-order valence-electron chi connectivity index (χ4n) is 2.28. The number of hydrogen-bond acceptors (Lipinski definition) is 5. The summed E-state index contributed by atoms with van der Waals surface area (Å²) in [6.07, 6.45) is 8.48. The van der Waals surface area contributed by atoms with Crippen molar-refractivity contribution in [3.05, 3.63) is 45.3 Å². The monoisotopic (exact) mass is 349 g/mol. The van der Waals surface area contributed by atoms with Gasteiger partial charge in [0.25, 0.3) is 5.56 Å². The third-order valence-electron chi connectivity index (χ3n) is 3.74. The second-order valence-electron chi connectivity index (χ2n) is 5.21. The Morgan fingerprint density at radius 1 is 1.43 bits per heavy atom. The molecule has 3 rings (SSSR count). The van der Waals surface area contributed by atoms with E-state index < -0.39 is 0 Å². The number of rotatable bonds is 5. The Morgan fingerprint density at radius 2 is 2.29 bits per heavy atom. The van der Waals surface area contributed by atoms with Crippen LogP contribution in [0.1, 0.15) is 25.0 Å². The van der Waals surface area contributed by atoms with Gasteiger partial charge in [-0.2, -0.15) is 5.10 Å². The highest BCUT2D eigenvalue weighted by Gasteiger charge is 2.20. The van der Waals surface area contributed by atoms with Crippen molar-refractivity contribution in [2.75, 3.05) is 5.32 Å². The third-order valence-corrected chi connectivity index (χ3v) is 4.34. The lowest BCUT2D eigenvalue weighted by molar-refractivity contribution is 0.262. The highest BCUT2D eigenvalue weighted by atomic mass is 79.9. The van der Waals surface area contributed by atoms with E-state index in [1.165, 1.54) is 25.6 Å². The average Bonchev–Trinajstić information content (AvgIpc) is 2.45. The van der Waals surface area contributed by atoms with Crippen molar-refractivity contribution in [2.45, 2.75) is 32.4 Å². The zero-order valence-electron chi connectivity index (χ0n) is 11.5.